The number of rotatable bonds is 6. The summed E-state index contributed by atoms with van der Waals surface area (Å²) in [6, 6.07) is 12.0. The number of carbonyl (C=O) groups is 2. The molecule has 1 heterocycles. The molecule has 0 spiro atoms. The Morgan fingerprint density at radius 1 is 1.11 bits per heavy atom. The lowest BCUT2D eigenvalue weighted by molar-refractivity contribution is -0.120. The van der Waals surface area contributed by atoms with Crippen LogP contribution >= 0.6 is 11.6 Å². The van der Waals surface area contributed by atoms with E-state index in [0.29, 0.717) is 22.0 Å². The van der Waals surface area contributed by atoms with Gasteiger partial charge in [-0.15, -0.1) is 0 Å². The quantitative estimate of drug-likeness (QED) is 0.755. The van der Waals surface area contributed by atoms with Crippen molar-refractivity contribution in [2.45, 2.75) is 6.92 Å². The molecule has 0 aliphatic carbocycles. The second-order valence-corrected chi connectivity index (χ2v) is 6.91. The first-order valence-electron chi connectivity index (χ1n) is 8.74. The van der Waals surface area contributed by atoms with Crippen molar-refractivity contribution in [1.82, 2.24) is 4.90 Å². The average Bonchev–Trinajstić information content (AvgIpc) is 2.94. The first-order chi connectivity index (χ1) is 13.4. The highest BCUT2D eigenvalue weighted by Gasteiger charge is 2.42. The van der Waals surface area contributed by atoms with Crippen LogP contribution in [-0.2, 0) is 9.59 Å². The van der Waals surface area contributed by atoms with Gasteiger partial charge in [-0.2, -0.15) is 0 Å². The summed E-state index contributed by atoms with van der Waals surface area (Å²) in [7, 11) is 3.23. The van der Waals surface area contributed by atoms with Crippen LogP contribution in [-0.4, -0.2) is 49.1 Å². The third kappa shape index (κ3) is 3.48. The predicted octanol–water partition coefficient (Wildman–Crippen LogP) is 2.87. The van der Waals surface area contributed by atoms with E-state index in [9.17, 15) is 14.7 Å². The molecule has 2 amide bonds. The maximum Gasteiger partial charge on any atom is 0.282 e. The number of amides is 2. The Hall–Kier alpha value is -2.83. The molecule has 0 radical (unpaired) electrons. The van der Waals surface area contributed by atoms with Gasteiger partial charge in [-0.3, -0.25) is 9.59 Å². The van der Waals surface area contributed by atoms with Crippen molar-refractivity contribution < 1.29 is 19.4 Å². The van der Waals surface area contributed by atoms with Crippen molar-refractivity contribution in [3.63, 3.8) is 0 Å². The smallest absolute Gasteiger partial charge is 0.282 e. The largest absolute Gasteiger partial charge is 0.497 e. The van der Waals surface area contributed by atoms with Crippen LogP contribution < -0.4 is 9.64 Å². The Morgan fingerprint density at radius 3 is 2.39 bits per heavy atom. The number of aliphatic hydroxyl groups excluding tert-OH is 1. The lowest BCUT2D eigenvalue weighted by atomic mass is 10.0. The maximum absolute atomic E-state index is 13.3. The molecule has 0 fully saturated rings. The van der Waals surface area contributed by atoms with E-state index in [1.165, 1.54) is 0 Å². The Morgan fingerprint density at radius 2 is 1.79 bits per heavy atom. The minimum absolute atomic E-state index is 0.145. The van der Waals surface area contributed by atoms with E-state index in [2.05, 4.69) is 0 Å². The van der Waals surface area contributed by atoms with Crippen LogP contribution in [0.3, 0.4) is 0 Å². The minimum Gasteiger partial charge on any atom is -0.497 e. The van der Waals surface area contributed by atoms with Gasteiger partial charge in [-0.1, -0.05) is 29.8 Å². The number of imide groups is 1. The van der Waals surface area contributed by atoms with E-state index in [4.69, 9.17) is 16.3 Å². The zero-order valence-electron chi connectivity index (χ0n) is 15.9. The van der Waals surface area contributed by atoms with E-state index < -0.39 is 11.8 Å². The molecule has 3 rings (SSSR count). The molecule has 146 valence electrons. The third-order valence-electron chi connectivity index (χ3n) is 4.67. The first kappa shape index (κ1) is 19.9. The Bertz CT molecular complexity index is 953. The fourth-order valence-electron chi connectivity index (χ4n) is 3.19. The van der Waals surface area contributed by atoms with E-state index in [1.807, 2.05) is 6.92 Å². The molecule has 0 bridgehead atoms. The molecule has 2 aromatic carbocycles. The number of anilines is 1. The van der Waals surface area contributed by atoms with Crippen molar-refractivity contribution in [3.8, 4) is 5.75 Å². The molecule has 7 heteroatoms. The number of likely N-dealkylation sites (N-methyl/N-ethyl adjacent to an activating group) is 1. The molecule has 0 atom stereocenters. The van der Waals surface area contributed by atoms with Crippen LogP contribution in [0.1, 0.15) is 11.1 Å². The van der Waals surface area contributed by atoms with Crippen LogP contribution in [0.4, 0.5) is 5.69 Å². The molecule has 1 aliphatic rings. The van der Waals surface area contributed by atoms with Gasteiger partial charge >= 0.3 is 0 Å². The van der Waals surface area contributed by atoms with Crippen molar-refractivity contribution in [3.05, 3.63) is 64.3 Å². The van der Waals surface area contributed by atoms with Crippen molar-refractivity contribution in [1.29, 1.82) is 0 Å². The van der Waals surface area contributed by atoms with Gasteiger partial charge in [0.05, 0.1) is 25.0 Å². The maximum atomic E-state index is 13.3. The lowest BCUT2D eigenvalue weighted by Gasteiger charge is -2.21. The monoisotopic (exact) mass is 400 g/mol. The summed E-state index contributed by atoms with van der Waals surface area (Å²) in [5.41, 5.74) is 2.32. The van der Waals surface area contributed by atoms with E-state index in [0.717, 1.165) is 10.5 Å². The van der Waals surface area contributed by atoms with Gasteiger partial charge in [-0.25, -0.2) is 4.90 Å². The highest BCUT2D eigenvalue weighted by Crippen LogP contribution is 2.36. The number of carbonyl (C=O) groups excluding carboxylic acids is 2. The van der Waals surface area contributed by atoms with Crippen LogP contribution in [0.15, 0.2) is 48.2 Å². The summed E-state index contributed by atoms with van der Waals surface area (Å²) in [5.74, 6) is -0.230. The molecule has 1 N–H and O–H groups in total. The highest BCUT2D eigenvalue weighted by molar-refractivity contribution is 6.45. The Balaban J connectivity index is 2.15. The van der Waals surface area contributed by atoms with Gasteiger partial charge in [0.25, 0.3) is 11.8 Å². The SMILES string of the molecule is COc1ccc(C2=C(N(C)CCO)C(=O)N(c3cc(Cl)ccc3C)C2=O)cc1. The first-order valence-corrected chi connectivity index (χ1v) is 9.12. The zero-order chi connectivity index (χ0) is 20.4. The van der Waals surface area contributed by atoms with Crippen LogP contribution in [0.2, 0.25) is 5.02 Å². The molecule has 0 saturated heterocycles. The van der Waals surface area contributed by atoms with Gasteiger partial charge in [0, 0.05) is 18.6 Å². The van der Waals surface area contributed by atoms with Gasteiger partial charge in [0.15, 0.2) is 0 Å². The Labute approximate surface area is 168 Å². The van der Waals surface area contributed by atoms with Crippen LogP contribution in [0, 0.1) is 6.92 Å². The minimum atomic E-state index is -0.447. The van der Waals surface area contributed by atoms with Gasteiger partial charge < -0.3 is 14.7 Å². The zero-order valence-corrected chi connectivity index (χ0v) is 16.7. The number of hydrogen-bond donors (Lipinski definition) is 1. The fraction of sp³-hybridized carbons (Fsp3) is 0.238. The fourth-order valence-corrected chi connectivity index (χ4v) is 3.36. The predicted molar refractivity (Wildman–Crippen MR) is 108 cm³/mol. The molecule has 2 aromatic rings. The molecule has 1 aliphatic heterocycles. The van der Waals surface area contributed by atoms with E-state index in [-0.39, 0.29) is 24.4 Å². The highest BCUT2D eigenvalue weighted by atomic mass is 35.5. The molecule has 0 aromatic heterocycles. The third-order valence-corrected chi connectivity index (χ3v) is 4.90. The average molecular weight is 401 g/mol. The van der Waals surface area contributed by atoms with Crippen molar-refractivity contribution in [2.75, 3.05) is 32.2 Å². The number of benzene rings is 2. The summed E-state index contributed by atoms with van der Waals surface area (Å²) in [6.07, 6.45) is 0. The van der Waals surface area contributed by atoms with Crippen molar-refractivity contribution >= 4 is 34.7 Å². The second kappa shape index (κ2) is 8.04. The van der Waals surface area contributed by atoms with Gasteiger partial charge in [-0.05, 0) is 42.3 Å². The van der Waals surface area contributed by atoms with Gasteiger partial charge in [0.1, 0.15) is 11.4 Å². The molecule has 28 heavy (non-hydrogen) atoms. The molecular formula is C21H21ClN2O4. The van der Waals surface area contributed by atoms with Crippen LogP contribution in [0.25, 0.3) is 5.57 Å². The lowest BCUT2D eigenvalue weighted by Crippen LogP contribution is -2.35. The molecule has 0 saturated carbocycles. The number of aliphatic hydroxyl groups is 1. The number of ether oxygens (including phenoxy) is 1. The Kier molecular flexibility index (Phi) is 5.72. The second-order valence-electron chi connectivity index (χ2n) is 6.47. The number of nitrogens with zero attached hydrogens (tertiary/aromatic N) is 2. The molecule has 6 nitrogen and oxygen atoms in total. The normalized spacial score (nSPS) is 14.1. The topological polar surface area (TPSA) is 70.1 Å². The summed E-state index contributed by atoms with van der Waals surface area (Å²) >= 11 is 6.11. The number of aryl methyl sites for hydroxylation is 1. The summed E-state index contributed by atoms with van der Waals surface area (Å²) in [4.78, 5) is 29.3. The number of halogens is 1. The summed E-state index contributed by atoms with van der Waals surface area (Å²) in [6.45, 7) is 1.89. The van der Waals surface area contributed by atoms with Crippen molar-refractivity contribution in [2.24, 2.45) is 0 Å². The molecular weight excluding hydrogens is 380 g/mol. The summed E-state index contributed by atoms with van der Waals surface area (Å²) < 4.78 is 5.18. The number of hydrogen-bond acceptors (Lipinski definition) is 5. The van der Waals surface area contributed by atoms with E-state index >= 15 is 0 Å². The van der Waals surface area contributed by atoms with E-state index in [1.54, 1.807) is 61.5 Å². The van der Waals surface area contributed by atoms with Gasteiger partial charge in [0.2, 0.25) is 0 Å². The standard InChI is InChI=1S/C21H21ClN2O4/c1-13-4-7-15(22)12-17(13)24-20(26)18(14-5-8-16(28-3)9-6-14)19(21(24)27)23(2)10-11-25/h4-9,12,25H,10-11H2,1-3H3. The molecule has 0 unspecified atom stereocenters. The summed E-state index contributed by atoms with van der Waals surface area (Å²) in [5, 5.41) is 9.76. The van der Waals surface area contributed by atoms with Crippen LogP contribution in [0.5, 0.6) is 5.75 Å². The number of methoxy groups -OCH3 is 1.